The van der Waals surface area contributed by atoms with E-state index < -0.39 is 0 Å². The SMILES string of the molecule is CC1=C(C)Sc2ccccc2O1. The fourth-order valence-corrected chi connectivity index (χ4v) is 1.96. The van der Waals surface area contributed by atoms with Crippen LogP contribution in [-0.2, 0) is 0 Å². The number of para-hydroxylation sites is 1. The van der Waals surface area contributed by atoms with Gasteiger partial charge in [-0.2, -0.15) is 0 Å². The Bertz CT molecular complexity index is 308. The van der Waals surface area contributed by atoms with Crippen LogP contribution in [0.1, 0.15) is 13.8 Å². The van der Waals surface area contributed by atoms with E-state index in [4.69, 9.17) is 4.74 Å². The Labute approximate surface area is 76.4 Å². The van der Waals surface area contributed by atoms with Crippen molar-refractivity contribution in [1.29, 1.82) is 0 Å². The highest BCUT2D eigenvalue weighted by molar-refractivity contribution is 8.03. The predicted octanol–water partition coefficient (Wildman–Crippen LogP) is 3.42. The Morgan fingerprint density at radius 1 is 1.17 bits per heavy atom. The van der Waals surface area contributed by atoms with Gasteiger partial charge >= 0.3 is 0 Å². The van der Waals surface area contributed by atoms with E-state index in [1.807, 2.05) is 25.1 Å². The van der Waals surface area contributed by atoms with Crippen molar-refractivity contribution in [3.63, 3.8) is 0 Å². The summed E-state index contributed by atoms with van der Waals surface area (Å²) in [6.07, 6.45) is 0. The Morgan fingerprint density at radius 2 is 1.92 bits per heavy atom. The number of allylic oxidation sites excluding steroid dienone is 2. The number of benzene rings is 1. The zero-order valence-corrected chi connectivity index (χ0v) is 7.94. The van der Waals surface area contributed by atoms with Crippen molar-refractivity contribution in [1.82, 2.24) is 0 Å². The first kappa shape index (κ1) is 7.74. The predicted molar refractivity (Wildman–Crippen MR) is 51.3 cm³/mol. The molecule has 0 saturated carbocycles. The molecule has 0 atom stereocenters. The Kier molecular flexibility index (Phi) is 1.85. The Balaban J connectivity index is 2.43. The van der Waals surface area contributed by atoms with Crippen LogP contribution in [0.25, 0.3) is 0 Å². The molecule has 0 spiro atoms. The summed E-state index contributed by atoms with van der Waals surface area (Å²) in [5, 5.41) is 0. The van der Waals surface area contributed by atoms with E-state index in [9.17, 15) is 0 Å². The second-order valence-corrected chi connectivity index (χ2v) is 4.02. The maximum Gasteiger partial charge on any atom is 0.140 e. The molecular weight excluding hydrogens is 168 g/mol. The van der Waals surface area contributed by atoms with E-state index in [0.29, 0.717) is 0 Å². The summed E-state index contributed by atoms with van der Waals surface area (Å²) in [6.45, 7) is 4.08. The molecule has 0 unspecified atom stereocenters. The van der Waals surface area contributed by atoms with Crippen molar-refractivity contribution in [2.75, 3.05) is 0 Å². The molecule has 1 aromatic carbocycles. The molecule has 0 radical (unpaired) electrons. The molecule has 0 aromatic heterocycles. The monoisotopic (exact) mass is 178 g/mol. The number of hydrogen-bond acceptors (Lipinski definition) is 2. The first-order valence-electron chi connectivity index (χ1n) is 3.89. The summed E-state index contributed by atoms with van der Waals surface area (Å²) in [6, 6.07) is 8.10. The third kappa shape index (κ3) is 1.23. The van der Waals surface area contributed by atoms with E-state index in [2.05, 4.69) is 13.0 Å². The minimum Gasteiger partial charge on any atom is -0.460 e. The maximum atomic E-state index is 5.60. The molecular formula is C10H10OS. The van der Waals surface area contributed by atoms with Crippen molar-refractivity contribution in [3.05, 3.63) is 34.9 Å². The molecule has 62 valence electrons. The fraction of sp³-hybridized carbons (Fsp3) is 0.200. The molecule has 0 aliphatic carbocycles. The highest BCUT2D eigenvalue weighted by atomic mass is 32.2. The second kappa shape index (κ2) is 2.87. The van der Waals surface area contributed by atoms with Crippen LogP contribution in [0.15, 0.2) is 39.8 Å². The highest BCUT2D eigenvalue weighted by Gasteiger charge is 2.13. The van der Waals surface area contributed by atoms with E-state index >= 15 is 0 Å². The highest BCUT2D eigenvalue weighted by Crippen LogP contribution is 2.40. The number of hydrogen-bond donors (Lipinski definition) is 0. The van der Waals surface area contributed by atoms with Gasteiger partial charge in [-0.3, -0.25) is 0 Å². The van der Waals surface area contributed by atoms with Gasteiger partial charge < -0.3 is 4.74 Å². The molecule has 0 bridgehead atoms. The molecule has 2 heteroatoms. The van der Waals surface area contributed by atoms with E-state index in [1.165, 1.54) is 9.80 Å². The third-order valence-corrected chi connectivity index (χ3v) is 3.02. The summed E-state index contributed by atoms with van der Waals surface area (Å²) in [7, 11) is 0. The van der Waals surface area contributed by atoms with Crippen LogP contribution in [0, 0.1) is 0 Å². The quantitative estimate of drug-likeness (QED) is 0.602. The number of ether oxygens (including phenoxy) is 1. The zero-order valence-electron chi connectivity index (χ0n) is 7.13. The number of fused-ring (bicyclic) bond motifs is 1. The number of rotatable bonds is 0. The molecule has 1 nitrogen and oxygen atoms in total. The van der Waals surface area contributed by atoms with Gasteiger partial charge in [0.2, 0.25) is 0 Å². The standard InChI is InChI=1S/C10H10OS/c1-7-8(2)12-10-6-4-3-5-9(10)11-7/h3-6H,1-2H3. The molecule has 1 aromatic rings. The van der Waals surface area contributed by atoms with Gasteiger partial charge in [-0.1, -0.05) is 23.9 Å². The minimum absolute atomic E-state index is 0.977. The summed E-state index contributed by atoms with van der Waals surface area (Å²) in [4.78, 5) is 2.45. The smallest absolute Gasteiger partial charge is 0.140 e. The fourth-order valence-electron chi connectivity index (χ4n) is 1.09. The van der Waals surface area contributed by atoms with Crippen LogP contribution < -0.4 is 4.74 Å². The molecule has 12 heavy (non-hydrogen) atoms. The van der Waals surface area contributed by atoms with Gasteiger partial charge in [-0.25, -0.2) is 0 Å². The van der Waals surface area contributed by atoms with E-state index in [0.717, 1.165) is 11.5 Å². The van der Waals surface area contributed by atoms with Gasteiger partial charge in [0.05, 0.1) is 4.90 Å². The second-order valence-electron chi connectivity index (χ2n) is 2.76. The van der Waals surface area contributed by atoms with Crippen molar-refractivity contribution in [3.8, 4) is 5.75 Å². The summed E-state index contributed by atoms with van der Waals surface area (Å²) in [5.41, 5.74) is 0. The molecule has 0 saturated heterocycles. The molecule has 0 amide bonds. The third-order valence-electron chi connectivity index (χ3n) is 1.87. The van der Waals surface area contributed by atoms with Crippen molar-refractivity contribution >= 4 is 11.8 Å². The average molecular weight is 178 g/mol. The molecule has 1 aliphatic heterocycles. The molecule has 0 fully saturated rings. The number of thioether (sulfide) groups is 1. The molecule has 1 aliphatic rings. The van der Waals surface area contributed by atoms with Gasteiger partial charge in [0.25, 0.3) is 0 Å². The average Bonchev–Trinajstić information content (AvgIpc) is 2.07. The van der Waals surface area contributed by atoms with Gasteiger partial charge in [0.1, 0.15) is 11.5 Å². The first-order valence-corrected chi connectivity index (χ1v) is 4.71. The van der Waals surface area contributed by atoms with E-state index in [-0.39, 0.29) is 0 Å². The lowest BCUT2D eigenvalue weighted by atomic mass is 10.3. The van der Waals surface area contributed by atoms with Crippen LogP contribution in [0.2, 0.25) is 0 Å². The summed E-state index contributed by atoms with van der Waals surface area (Å²) >= 11 is 1.77. The first-order chi connectivity index (χ1) is 5.77. The minimum atomic E-state index is 0.977. The lowest BCUT2D eigenvalue weighted by Gasteiger charge is -2.18. The largest absolute Gasteiger partial charge is 0.460 e. The van der Waals surface area contributed by atoms with Crippen LogP contribution in [0.5, 0.6) is 5.75 Å². The van der Waals surface area contributed by atoms with Crippen LogP contribution in [-0.4, -0.2) is 0 Å². The Morgan fingerprint density at radius 3 is 2.75 bits per heavy atom. The van der Waals surface area contributed by atoms with Crippen molar-refractivity contribution in [2.45, 2.75) is 18.7 Å². The van der Waals surface area contributed by atoms with Gasteiger partial charge in [-0.15, -0.1) is 0 Å². The van der Waals surface area contributed by atoms with Crippen LogP contribution in [0.4, 0.5) is 0 Å². The zero-order chi connectivity index (χ0) is 8.55. The van der Waals surface area contributed by atoms with Crippen molar-refractivity contribution < 1.29 is 4.74 Å². The van der Waals surface area contributed by atoms with Crippen LogP contribution in [0.3, 0.4) is 0 Å². The molecule has 2 rings (SSSR count). The van der Waals surface area contributed by atoms with Crippen LogP contribution >= 0.6 is 11.8 Å². The summed E-state index contributed by atoms with van der Waals surface area (Å²) in [5.74, 6) is 1.99. The summed E-state index contributed by atoms with van der Waals surface area (Å²) < 4.78 is 5.60. The molecule has 1 heterocycles. The van der Waals surface area contributed by atoms with Gasteiger partial charge in [-0.05, 0) is 26.0 Å². The van der Waals surface area contributed by atoms with Gasteiger partial charge in [0.15, 0.2) is 0 Å². The maximum absolute atomic E-state index is 5.60. The lowest BCUT2D eigenvalue weighted by Crippen LogP contribution is -1.99. The van der Waals surface area contributed by atoms with E-state index in [1.54, 1.807) is 11.8 Å². The molecule has 0 N–H and O–H groups in total. The van der Waals surface area contributed by atoms with Gasteiger partial charge in [0, 0.05) is 4.91 Å². The Hall–Kier alpha value is -0.890. The normalized spacial score (nSPS) is 15.5. The van der Waals surface area contributed by atoms with Crippen molar-refractivity contribution in [2.24, 2.45) is 0 Å². The topological polar surface area (TPSA) is 9.23 Å². The lowest BCUT2D eigenvalue weighted by molar-refractivity contribution is 0.412.